The van der Waals surface area contributed by atoms with Crippen LogP contribution in [0.15, 0.2) is 67.8 Å². The van der Waals surface area contributed by atoms with Gasteiger partial charge in [0.25, 0.3) is 7.82 Å². The Balaban J connectivity index is 0.00000453. The fourth-order valence-corrected chi connectivity index (χ4v) is 16.6. The smallest absolute Gasteiger partial charge is 0.303 e. The second-order valence-corrected chi connectivity index (χ2v) is 28.2. The summed E-state index contributed by atoms with van der Waals surface area (Å²) in [6.45, 7) is 23.5. The average Bonchev–Trinajstić information content (AvgIpc) is 1.53. The van der Waals surface area contributed by atoms with E-state index in [1.807, 2.05) is 53.7 Å². The number of imidazole rings is 1. The molecule has 0 spiro atoms. The van der Waals surface area contributed by atoms with Crippen molar-refractivity contribution < 1.29 is 94.0 Å². The number of aromatic nitrogens is 2. The van der Waals surface area contributed by atoms with Crippen molar-refractivity contribution in [2.45, 2.75) is 189 Å². The number of fused-ring (bicyclic) bond motifs is 7. The van der Waals surface area contributed by atoms with Crippen LogP contribution in [0.3, 0.4) is 0 Å². The number of benzene rings is 1. The summed E-state index contributed by atoms with van der Waals surface area (Å²) in [4.78, 5) is 127. The molecule has 93 heavy (non-hydrogen) atoms. The number of carboxylic acids is 2. The fraction of sp³-hybridized carbons (Fsp3) is 0.619. The van der Waals surface area contributed by atoms with E-state index in [1.165, 1.54) is 17.8 Å². The molecule has 5 amide bonds. The van der Waals surface area contributed by atoms with Crippen LogP contribution in [0.4, 0.5) is 0 Å². The number of allylic oxidation sites excluding steroid dienone is 6. The van der Waals surface area contributed by atoms with Crippen LogP contribution in [0, 0.1) is 71.0 Å². The van der Waals surface area contributed by atoms with Gasteiger partial charge in [0.15, 0.2) is 6.23 Å². The number of aliphatic carboxylic acids is 2. The molecule has 2 fully saturated rings. The zero-order valence-electron chi connectivity index (χ0n) is 54.2. The number of phosphoric acid groups is 1. The molecule has 1 aromatic carbocycles. The zero-order chi connectivity index (χ0) is 68.7. The molecule has 28 nitrogen and oxygen atoms in total. The van der Waals surface area contributed by atoms with E-state index in [4.69, 9.17) is 63.5 Å². The van der Waals surface area contributed by atoms with E-state index in [9.17, 15) is 63.4 Å². The van der Waals surface area contributed by atoms with Crippen molar-refractivity contribution in [1.82, 2.24) is 20.2 Å². The van der Waals surface area contributed by atoms with E-state index < -0.39 is 150 Å². The van der Waals surface area contributed by atoms with E-state index in [-0.39, 0.29) is 87.5 Å². The number of carbonyl (C=O) groups is 7. The molecule has 2 aromatic rings. The topological polar surface area (TPSA) is 475 Å². The van der Waals surface area contributed by atoms with Crippen LogP contribution in [0.1, 0.15) is 150 Å². The van der Waals surface area contributed by atoms with Gasteiger partial charge in [0.1, 0.15) is 18.3 Å². The molecular formula is C63H87CoN12O16P-2. The molecule has 15 atom stereocenters. The maximum Gasteiger partial charge on any atom is 0.303 e. The predicted molar refractivity (Wildman–Crippen MR) is 333 cm³/mol. The van der Waals surface area contributed by atoms with Crippen LogP contribution in [0.5, 0.6) is 0 Å². The second-order valence-electron chi connectivity index (χ2n) is 26.9. The van der Waals surface area contributed by atoms with Crippen molar-refractivity contribution in [3.8, 4) is 0 Å². The Kier molecular flexibility index (Phi) is 23.0. The van der Waals surface area contributed by atoms with Crippen molar-refractivity contribution in [2.24, 2.45) is 83.2 Å². The maximum absolute atomic E-state index is 14.3. The number of carboxylic acid groups (broad SMARTS) is 2. The molecular weight excluding hydrogens is 1270 g/mol. The summed E-state index contributed by atoms with van der Waals surface area (Å²) in [5.41, 5.74) is 24.6. The summed E-state index contributed by atoms with van der Waals surface area (Å²) >= 11 is 0. The number of hydrogen-bond donors (Lipinski definition) is 10. The van der Waals surface area contributed by atoms with Crippen LogP contribution in [0.25, 0.3) is 11.0 Å². The molecule has 0 aliphatic carbocycles. The number of amides is 5. The largest absolute Gasteiger partial charge is 0.756 e. The standard InChI is InChI=1S/C62H88N11O16P.CN.Co/c1-29-20-39-40(21-30(29)2)73(28-68-39)57-52(84)53(41(27-74)87-57)89-90(85,86)88-31(3)26-67-47(79)18-19-59(8)37(22-44(64)76)56-62(11)61(10,25-46(66)78)36(14-17-49(82)83)51(72-62)33(5)55-60(9,24-45(65)77)34(13-16-48(80)81)38(69-55)23-42-58(6,7)35(12-15-43(63)75)50(70-42)32(4)54(59)71-56;1-2;/h20-21,23,28,31,34-37,41,52-53,56-57,71,74,84H,12-19,22,24-27H2,1-11H3,(H2,63,75)(H2,64,76)(H2,65,77)(H2,66,78)(H,67,79)(H,80,81)(H,82,83)(H,85,86);;/q;-1;/p-1/t31-,34-,35-,36-,37+,41-,52-,53-,56-,57+,59-,60+,61+,62+;;/m1../s1. The molecule has 6 aliphatic rings. The van der Waals surface area contributed by atoms with E-state index in [0.29, 0.717) is 56.4 Å². The number of carbonyl (C=O) groups excluding carboxylic acids is 5. The molecule has 14 N–H and O–H groups in total. The molecule has 8 rings (SSSR count). The molecule has 1 aromatic heterocycles. The molecule has 7 heterocycles. The number of phosphoric ester groups is 1. The van der Waals surface area contributed by atoms with Crippen molar-refractivity contribution >= 4 is 77.5 Å². The minimum Gasteiger partial charge on any atom is -0.756 e. The third kappa shape index (κ3) is 14.6. The van der Waals surface area contributed by atoms with Gasteiger partial charge in [-0.1, -0.05) is 34.6 Å². The van der Waals surface area contributed by atoms with Crippen LogP contribution in [-0.2, 0) is 68.7 Å². The van der Waals surface area contributed by atoms with Gasteiger partial charge in [0, 0.05) is 142 Å². The minimum atomic E-state index is -5.33. The number of hydrogen-bond acceptors (Lipinski definition) is 20. The maximum atomic E-state index is 14.3. The molecule has 8 bridgehead atoms. The van der Waals surface area contributed by atoms with Gasteiger partial charge in [-0.2, -0.15) is 0 Å². The van der Waals surface area contributed by atoms with Gasteiger partial charge in [-0.05, 0) is 108 Å². The second kappa shape index (κ2) is 28.5. The third-order valence-electron chi connectivity index (χ3n) is 20.5. The number of nitrogens with two attached hydrogens (primary N) is 4. The first-order valence-electron chi connectivity index (χ1n) is 30.6. The number of aliphatic hydroxyl groups excluding tert-OH is 2. The Bertz CT molecular complexity index is 3600. The number of primary amides is 4. The molecule has 1 unspecified atom stereocenters. The summed E-state index contributed by atoms with van der Waals surface area (Å²) in [7, 11) is -5.33. The first kappa shape index (κ1) is 75.0. The number of nitrogens with one attached hydrogen (secondary N) is 2. The first-order valence-corrected chi connectivity index (χ1v) is 32.1. The van der Waals surface area contributed by atoms with Gasteiger partial charge < -0.3 is 89.1 Å². The van der Waals surface area contributed by atoms with Gasteiger partial charge in [-0.3, -0.25) is 53.1 Å². The Labute approximate surface area is 550 Å². The molecule has 2 saturated heterocycles. The van der Waals surface area contributed by atoms with Crippen LogP contribution < -0.4 is 38.5 Å². The van der Waals surface area contributed by atoms with E-state index in [1.54, 1.807) is 33.8 Å². The summed E-state index contributed by atoms with van der Waals surface area (Å²) in [5.74, 6) is -8.68. The number of aliphatic imine (C=N–C) groups is 3. The van der Waals surface area contributed by atoms with Gasteiger partial charge in [-0.25, -0.2) is 4.98 Å². The molecule has 1 radical (unpaired) electrons. The van der Waals surface area contributed by atoms with Crippen LogP contribution >= 0.6 is 7.82 Å². The summed E-state index contributed by atoms with van der Waals surface area (Å²) in [6, 6.07) is 2.73. The van der Waals surface area contributed by atoms with Crippen LogP contribution in [-0.4, -0.2) is 138 Å². The van der Waals surface area contributed by atoms with Crippen molar-refractivity contribution in [2.75, 3.05) is 13.2 Å². The first-order chi connectivity index (χ1) is 42.8. The monoisotopic (exact) mass is 1360 g/mol. The van der Waals surface area contributed by atoms with Gasteiger partial charge in [0.2, 0.25) is 29.5 Å². The molecule has 511 valence electrons. The average molecular weight is 1360 g/mol. The zero-order valence-corrected chi connectivity index (χ0v) is 56.2. The van der Waals surface area contributed by atoms with Crippen molar-refractivity contribution in [3.05, 3.63) is 70.5 Å². The van der Waals surface area contributed by atoms with E-state index >= 15 is 0 Å². The number of ether oxygens (including phenoxy) is 1. The van der Waals surface area contributed by atoms with Crippen molar-refractivity contribution in [3.63, 3.8) is 0 Å². The Morgan fingerprint density at radius 2 is 1.43 bits per heavy atom. The molecule has 6 aliphatic heterocycles. The predicted octanol–water partition coefficient (Wildman–Crippen LogP) is 3.82. The minimum absolute atomic E-state index is 0. The summed E-state index contributed by atoms with van der Waals surface area (Å²) < 4.78 is 31.8. The van der Waals surface area contributed by atoms with E-state index in [0.717, 1.165) is 11.1 Å². The normalized spacial score (nSPS) is 31.0. The van der Waals surface area contributed by atoms with Crippen molar-refractivity contribution in [1.29, 1.82) is 5.26 Å². The van der Waals surface area contributed by atoms with Gasteiger partial charge in [0.05, 0.1) is 47.3 Å². The summed E-state index contributed by atoms with van der Waals surface area (Å²) in [5, 5.41) is 55.0. The third-order valence-corrected chi connectivity index (χ3v) is 21.7. The molecule has 30 heteroatoms. The number of aryl methyl sites for hydroxylation is 2. The Morgan fingerprint density at radius 3 is 2.01 bits per heavy atom. The quantitative estimate of drug-likeness (QED) is 0.0472. The number of aliphatic hydroxyl groups is 2. The van der Waals surface area contributed by atoms with Gasteiger partial charge in [-0.15, -0.1) is 0 Å². The SMILES string of the molecule is CC1=C2N[C@H]([C@H](CC(N)=O)[C@@]2(C)CCC(=O)NC[C@@H](C)OP(=O)([O-])O[C@H]2[C@@H](O)[C@@H](n3cnc4cc(C)c(C)cc43)O[C@@H]2CO)[C@]2(C)N=C(C(C)=C3N=C(C=C4N=C1[C@@H](CCC(N)=O)C4(C)C)[C@@H](CCC(=O)O)[C@]3(C)CC(N)=O)[C@@H](CCC(=O)O)[C@]2(C)CC(N)=O.[C-]#N.[Co]. The summed E-state index contributed by atoms with van der Waals surface area (Å²) in [6.07, 6.45) is -5.70. The van der Waals surface area contributed by atoms with Crippen LogP contribution in [0.2, 0.25) is 0 Å². The Hall–Kier alpha value is -7.00. The Morgan fingerprint density at radius 1 is 0.828 bits per heavy atom. The number of nitrogens with zero attached hydrogens (tertiary/aromatic N) is 6. The fourth-order valence-electron chi connectivity index (χ4n) is 15.4. The van der Waals surface area contributed by atoms with E-state index in [2.05, 4.69) is 15.6 Å². The molecule has 0 saturated carbocycles. The number of rotatable bonds is 26. The van der Waals surface area contributed by atoms with Gasteiger partial charge >= 0.3 is 11.9 Å².